The highest BCUT2D eigenvalue weighted by atomic mass is 16.5. The zero-order chi connectivity index (χ0) is 22.1. The van der Waals surface area contributed by atoms with Crippen LogP contribution in [0.5, 0.6) is 11.5 Å². The number of nitrogens with two attached hydrogens (primary N) is 1. The van der Waals surface area contributed by atoms with Crippen molar-refractivity contribution < 1.29 is 14.3 Å². The van der Waals surface area contributed by atoms with Gasteiger partial charge in [0.25, 0.3) is 0 Å². The van der Waals surface area contributed by atoms with Gasteiger partial charge in [-0.25, -0.2) is 0 Å². The van der Waals surface area contributed by atoms with Gasteiger partial charge in [0.05, 0.1) is 13.2 Å². The molecule has 0 unspecified atom stereocenters. The summed E-state index contributed by atoms with van der Waals surface area (Å²) in [6.07, 6.45) is 2.42. The number of aromatic nitrogens is 1. The molecule has 1 heterocycles. The summed E-state index contributed by atoms with van der Waals surface area (Å²) in [5, 5.41) is 0. The summed E-state index contributed by atoms with van der Waals surface area (Å²) in [5.74, 6) is 1.19. The summed E-state index contributed by atoms with van der Waals surface area (Å²) >= 11 is 0. The molecule has 0 spiro atoms. The number of pyridine rings is 1. The fourth-order valence-corrected chi connectivity index (χ4v) is 3.24. The molecule has 1 aromatic heterocycles. The van der Waals surface area contributed by atoms with Gasteiger partial charge >= 0.3 is 0 Å². The summed E-state index contributed by atoms with van der Waals surface area (Å²) in [6.45, 7) is 3.13. The summed E-state index contributed by atoms with van der Waals surface area (Å²) in [5.41, 5.74) is 8.84. The standard InChI is InChI=1S/C25H29N3O3/c1-19(26)25(29)28(15-13-22-10-6-7-14-27-22)17-21-11-12-23(24(16-21)30-2)31-18-20-8-4-3-5-9-20/h3-12,14,16,19H,13,15,17-18,26H2,1-2H3/t19-/m1/s1. The lowest BCUT2D eigenvalue weighted by Crippen LogP contribution is -2.42. The van der Waals surface area contributed by atoms with Crippen molar-refractivity contribution in [3.05, 3.63) is 89.7 Å². The van der Waals surface area contributed by atoms with Gasteiger partial charge in [-0.05, 0) is 42.3 Å². The molecule has 2 aromatic carbocycles. The van der Waals surface area contributed by atoms with Crippen molar-refractivity contribution in [2.24, 2.45) is 5.73 Å². The molecular weight excluding hydrogens is 390 g/mol. The maximum atomic E-state index is 12.7. The molecule has 6 nitrogen and oxygen atoms in total. The van der Waals surface area contributed by atoms with E-state index in [0.717, 1.165) is 16.8 Å². The second-order valence-corrected chi connectivity index (χ2v) is 7.38. The van der Waals surface area contributed by atoms with Gasteiger partial charge in [-0.15, -0.1) is 0 Å². The Morgan fingerprint density at radius 1 is 1.03 bits per heavy atom. The average molecular weight is 420 g/mol. The van der Waals surface area contributed by atoms with Gasteiger partial charge in [0.2, 0.25) is 5.91 Å². The highest BCUT2D eigenvalue weighted by molar-refractivity contribution is 5.81. The zero-order valence-electron chi connectivity index (χ0n) is 18.0. The van der Waals surface area contributed by atoms with Crippen LogP contribution in [0.4, 0.5) is 0 Å². The van der Waals surface area contributed by atoms with Gasteiger partial charge in [-0.3, -0.25) is 9.78 Å². The van der Waals surface area contributed by atoms with E-state index in [1.165, 1.54) is 0 Å². The number of carbonyl (C=O) groups is 1. The Hall–Kier alpha value is -3.38. The Kier molecular flexibility index (Phi) is 8.01. The van der Waals surface area contributed by atoms with Gasteiger partial charge in [-0.2, -0.15) is 0 Å². The van der Waals surface area contributed by atoms with Crippen LogP contribution < -0.4 is 15.2 Å². The lowest BCUT2D eigenvalue weighted by Gasteiger charge is -2.25. The molecule has 6 heteroatoms. The highest BCUT2D eigenvalue weighted by Crippen LogP contribution is 2.29. The number of ether oxygens (including phenoxy) is 2. The first kappa shape index (κ1) is 22.3. The highest BCUT2D eigenvalue weighted by Gasteiger charge is 2.19. The van der Waals surface area contributed by atoms with Crippen LogP contribution in [0.1, 0.15) is 23.7 Å². The van der Waals surface area contributed by atoms with Crippen molar-refractivity contribution >= 4 is 5.91 Å². The molecule has 3 aromatic rings. The number of carbonyl (C=O) groups excluding carboxylic acids is 1. The molecule has 0 aliphatic heterocycles. The van der Waals surface area contributed by atoms with Crippen molar-refractivity contribution in [1.29, 1.82) is 0 Å². The monoisotopic (exact) mass is 419 g/mol. The quantitative estimate of drug-likeness (QED) is 0.543. The fraction of sp³-hybridized carbons (Fsp3) is 0.280. The number of nitrogens with zero attached hydrogens (tertiary/aromatic N) is 2. The number of amides is 1. The molecule has 3 rings (SSSR count). The molecule has 1 amide bonds. The van der Waals surface area contributed by atoms with Crippen LogP contribution in [0.3, 0.4) is 0 Å². The minimum atomic E-state index is -0.570. The number of hydrogen-bond donors (Lipinski definition) is 1. The van der Waals surface area contributed by atoms with E-state index in [1.807, 2.05) is 66.7 Å². The molecule has 0 aliphatic carbocycles. The minimum absolute atomic E-state index is 0.0979. The third-order valence-electron chi connectivity index (χ3n) is 4.90. The van der Waals surface area contributed by atoms with Crippen LogP contribution in [0.15, 0.2) is 72.9 Å². The molecule has 0 saturated carbocycles. The summed E-state index contributed by atoms with van der Waals surface area (Å²) < 4.78 is 11.5. The van der Waals surface area contributed by atoms with Crippen LogP contribution in [0.2, 0.25) is 0 Å². The van der Waals surface area contributed by atoms with E-state index in [1.54, 1.807) is 25.1 Å². The molecule has 0 fully saturated rings. The molecule has 2 N–H and O–H groups in total. The molecule has 1 atom stereocenters. The van der Waals surface area contributed by atoms with Crippen molar-refractivity contribution in [1.82, 2.24) is 9.88 Å². The largest absolute Gasteiger partial charge is 0.493 e. The Balaban J connectivity index is 1.70. The first-order chi connectivity index (χ1) is 15.1. The first-order valence-corrected chi connectivity index (χ1v) is 10.3. The van der Waals surface area contributed by atoms with Crippen molar-refractivity contribution in [3.63, 3.8) is 0 Å². The molecule has 0 saturated heterocycles. The molecule has 162 valence electrons. The van der Waals surface area contributed by atoms with Crippen LogP contribution >= 0.6 is 0 Å². The van der Waals surface area contributed by atoms with Crippen LogP contribution in [0.25, 0.3) is 0 Å². The summed E-state index contributed by atoms with van der Waals surface area (Å²) in [7, 11) is 1.61. The zero-order valence-corrected chi connectivity index (χ0v) is 18.0. The Morgan fingerprint density at radius 3 is 2.48 bits per heavy atom. The Morgan fingerprint density at radius 2 is 1.81 bits per heavy atom. The van der Waals surface area contributed by atoms with Gasteiger partial charge < -0.3 is 20.1 Å². The second kappa shape index (κ2) is 11.1. The third kappa shape index (κ3) is 6.55. The smallest absolute Gasteiger partial charge is 0.239 e. The minimum Gasteiger partial charge on any atom is -0.493 e. The number of benzene rings is 2. The molecule has 31 heavy (non-hydrogen) atoms. The van der Waals surface area contributed by atoms with Crippen molar-refractivity contribution in [3.8, 4) is 11.5 Å². The van der Waals surface area contributed by atoms with E-state index in [-0.39, 0.29) is 5.91 Å². The summed E-state index contributed by atoms with van der Waals surface area (Å²) in [4.78, 5) is 18.8. The summed E-state index contributed by atoms with van der Waals surface area (Å²) in [6, 6.07) is 20.9. The maximum absolute atomic E-state index is 12.7. The van der Waals surface area contributed by atoms with Crippen molar-refractivity contribution in [2.45, 2.75) is 32.5 Å². The van der Waals surface area contributed by atoms with Gasteiger partial charge in [0, 0.05) is 31.4 Å². The lowest BCUT2D eigenvalue weighted by molar-refractivity contribution is -0.132. The van der Waals surface area contributed by atoms with Gasteiger partial charge in [0.15, 0.2) is 11.5 Å². The van der Waals surface area contributed by atoms with E-state index >= 15 is 0 Å². The van der Waals surface area contributed by atoms with Crippen LogP contribution in [-0.2, 0) is 24.4 Å². The molecule has 0 radical (unpaired) electrons. The topological polar surface area (TPSA) is 77.7 Å². The van der Waals surface area contributed by atoms with Crippen LogP contribution in [-0.4, -0.2) is 35.5 Å². The first-order valence-electron chi connectivity index (χ1n) is 10.3. The number of hydrogen-bond acceptors (Lipinski definition) is 5. The van der Waals surface area contributed by atoms with Gasteiger partial charge in [0.1, 0.15) is 6.61 Å². The Bertz CT molecular complexity index is 962. The second-order valence-electron chi connectivity index (χ2n) is 7.38. The third-order valence-corrected chi connectivity index (χ3v) is 4.90. The Labute approximate surface area is 183 Å². The van der Waals surface area contributed by atoms with E-state index in [9.17, 15) is 4.79 Å². The predicted molar refractivity (Wildman–Crippen MR) is 121 cm³/mol. The lowest BCUT2D eigenvalue weighted by atomic mass is 10.1. The molecule has 0 bridgehead atoms. The van der Waals surface area contributed by atoms with E-state index in [2.05, 4.69) is 4.98 Å². The van der Waals surface area contributed by atoms with E-state index in [0.29, 0.717) is 37.6 Å². The average Bonchev–Trinajstić information content (AvgIpc) is 2.81. The predicted octanol–water partition coefficient (Wildman–Crippen LogP) is 3.59. The maximum Gasteiger partial charge on any atom is 0.239 e. The SMILES string of the molecule is COc1cc(CN(CCc2ccccn2)C(=O)[C@@H](C)N)ccc1OCc1ccccc1. The fourth-order valence-electron chi connectivity index (χ4n) is 3.24. The molecule has 0 aliphatic rings. The van der Waals surface area contributed by atoms with Gasteiger partial charge in [-0.1, -0.05) is 42.5 Å². The van der Waals surface area contributed by atoms with Crippen LogP contribution in [0, 0.1) is 0 Å². The van der Waals surface area contributed by atoms with Crippen molar-refractivity contribution in [2.75, 3.05) is 13.7 Å². The molecular formula is C25H29N3O3. The normalized spacial score (nSPS) is 11.6. The number of methoxy groups -OCH3 is 1. The number of rotatable bonds is 10. The van der Waals surface area contributed by atoms with E-state index in [4.69, 9.17) is 15.2 Å². The van der Waals surface area contributed by atoms with E-state index < -0.39 is 6.04 Å².